The highest BCUT2D eigenvalue weighted by Crippen LogP contribution is 2.16. The van der Waals surface area contributed by atoms with E-state index in [0.29, 0.717) is 0 Å². The van der Waals surface area contributed by atoms with E-state index in [1.165, 1.54) is 6.92 Å². The highest BCUT2D eigenvalue weighted by atomic mass is 19.1. The molecule has 0 spiro atoms. The normalized spacial score (nSPS) is 9.88. The third-order valence-corrected chi connectivity index (χ3v) is 1.98. The molecule has 5 nitrogen and oxygen atoms in total. The van der Waals surface area contributed by atoms with Crippen molar-refractivity contribution in [1.29, 1.82) is 0 Å². The number of ketones is 1. The van der Waals surface area contributed by atoms with Crippen LogP contribution in [0.3, 0.4) is 0 Å². The molecule has 1 rings (SSSR count). The van der Waals surface area contributed by atoms with Gasteiger partial charge in [0.1, 0.15) is 5.82 Å². The van der Waals surface area contributed by atoms with E-state index in [2.05, 4.69) is 0 Å². The van der Waals surface area contributed by atoms with Crippen LogP contribution in [0.5, 0.6) is 0 Å². The SMILES string of the molecule is Cc1cc(F)c(C(=O)O)cc1C(=O)C(=O)O. The van der Waals surface area contributed by atoms with Crippen molar-refractivity contribution in [3.63, 3.8) is 0 Å². The molecular weight excluding hydrogens is 219 g/mol. The van der Waals surface area contributed by atoms with E-state index < -0.39 is 29.1 Å². The second kappa shape index (κ2) is 4.09. The topological polar surface area (TPSA) is 91.7 Å². The van der Waals surface area contributed by atoms with Crippen LogP contribution in [0.1, 0.15) is 26.3 Å². The van der Waals surface area contributed by atoms with Crippen LogP contribution in [0.25, 0.3) is 0 Å². The van der Waals surface area contributed by atoms with E-state index in [9.17, 15) is 18.8 Å². The van der Waals surface area contributed by atoms with Crippen LogP contribution in [0, 0.1) is 12.7 Å². The smallest absolute Gasteiger partial charge is 0.377 e. The predicted molar refractivity (Wildman–Crippen MR) is 50.1 cm³/mol. The van der Waals surface area contributed by atoms with Crippen molar-refractivity contribution in [2.45, 2.75) is 6.92 Å². The van der Waals surface area contributed by atoms with E-state index in [0.717, 1.165) is 12.1 Å². The first-order valence-corrected chi connectivity index (χ1v) is 4.15. The zero-order chi connectivity index (χ0) is 12.5. The minimum absolute atomic E-state index is 0.0786. The summed E-state index contributed by atoms with van der Waals surface area (Å²) in [5.41, 5.74) is -0.976. The van der Waals surface area contributed by atoms with Gasteiger partial charge in [0.2, 0.25) is 0 Å². The Morgan fingerprint density at radius 1 is 1.12 bits per heavy atom. The van der Waals surface area contributed by atoms with E-state index >= 15 is 0 Å². The Balaban J connectivity index is 3.41. The second-order valence-corrected chi connectivity index (χ2v) is 3.09. The number of aliphatic carboxylic acids is 1. The highest BCUT2D eigenvalue weighted by Gasteiger charge is 2.21. The second-order valence-electron chi connectivity index (χ2n) is 3.09. The molecule has 0 amide bonds. The molecule has 0 unspecified atom stereocenters. The van der Waals surface area contributed by atoms with Crippen molar-refractivity contribution in [1.82, 2.24) is 0 Å². The fraction of sp³-hybridized carbons (Fsp3) is 0.100. The molecule has 0 aromatic heterocycles. The lowest BCUT2D eigenvalue weighted by Crippen LogP contribution is -2.16. The molecule has 0 aliphatic heterocycles. The number of carbonyl (C=O) groups excluding carboxylic acids is 1. The standard InChI is InChI=1S/C10H7FO5/c1-4-2-7(11)6(9(13)14)3-5(4)8(12)10(15)16/h2-3H,1H3,(H,13,14)(H,15,16). The predicted octanol–water partition coefficient (Wildman–Crippen LogP) is 1.10. The van der Waals surface area contributed by atoms with Crippen molar-refractivity contribution in [2.24, 2.45) is 0 Å². The Morgan fingerprint density at radius 3 is 2.12 bits per heavy atom. The van der Waals surface area contributed by atoms with Gasteiger partial charge < -0.3 is 10.2 Å². The number of hydrogen-bond acceptors (Lipinski definition) is 3. The molecule has 0 bridgehead atoms. The van der Waals surface area contributed by atoms with Gasteiger partial charge in [-0.2, -0.15) is 0 Å². The minimum atomic E-state index is -1.72. The summed E-state index contributed by atoms with van der Waals surface area (Å²) in [6.45, 7) is 1.32. The first kappa shape index (κ1) is 11.8. The third kappa shape index (κ3) is 2.05. The molecule has 0 atom stereocenters. The lowest BCUT2D eigenvalue weighted by Gasteiger charge is -2.04. The monoisotopic (exact) mass is 226 g/mol. The molecule has 1 aromatic rings. The van der Waals surface area contributed by atoms with Crippen LogP contribution in [0.4, 0.5) is 4.39 Å². The summed E-state index contributed by atoms with van der Waals surface area (Å²) < 4.78 is 13.1. The molecule has 1 aromatic carbocycles. The molecule has 0 fully saturated rings. The van der Waals surface area contributed by atoms with Crippen LogP contribution in [-0.4, -0.2) is 27.9 Å². The molecular formula is C10H7FO5. The zero-order valence-electron chi connectivity index (χ0n) is 8.15. The first-order valence-electron chi connectivity index (χ1n) is 4.15. The van der Waals surface area contributed by atoms with Crippen LogP contribution >= 0.6 is 0 Å². The summed E-state index contributed by atoms with van der Waals surface area (Å²) in [6.07, 6.45) is 0. The van der Waals surface area contributed by atoms with Crippen LogP contribution in [0.2, 0.25) is 0 Å². The maximum absolute atomic E-state index is 13.1. The van der Waals surface area contributed by atoms with Crippen LogP contribution in [-0.2, 0) is 4.79 Å². The van der Waals surface area contributed by atoms with Crippen molar-refractivity contribution in [2.75, 3.05) is 0 Å². The van der Waals surface area contributed by atoms with E-state index in [1.54, 1.807) is 0 Å². The lowest BCUT2D eigenvalue weighted by atomic mass is 10.0. The summed E-state index contributed by atoms with van der Waals surface area (Å²) in [7, 11) is 0. The van der Waals surface area contributed by atoms with Crippen LogP contribution in [0.15, 0.2) is 12.1 Å². The summed E-state index contributed by atoms with van der Waals surface area (Å²) in [5, 5.41) is 17.1. The van der Waals surface area contributed by atoms with Gasteiger partial charge in [0.25, 0.3) is 5.78 Å². The Kier molecular flexibility index (Phi) is 3.03. The molecule has 0 aliphatic carbocycles. The molecule has 84 valence electrons. The number of carboxylic acid groups (broad SMARTS) is 2. The van der Waals surface area contributed by atoms with Gasteiger partial charge in [0.15, 0.2) is 0 Å². The van der Waals surface area contributed by atoms with Crippen LogP contribution < -0.4 is 0 Å². The number of benzene rings is 1. The largest absolute Gasteiger partial charge is 0.478 e. The van der Waals surface area contributed by atoms with Gasteiger partial charge in [-0.05, 0) is 24.6 Å². The molecule has 0 aliphatic rings. The number of rotatable bonds is 3. The summed E-state index contributed by atoms with van der Waals surface area (Å²) in [6, 6.07) is 1.54. The average Bonchev–Trinajstić information content (AvgIpc) is 2.16. The van der Waals surface area contributed by atoms with Gasteiger partial charge in [0.05, 0.1) is 5.56 Å². The summed E-state index contributed by atoms with van der Waals surface area (Å²) >= 11 is 0. The zero-order valence-corrected chi connectivity index (χ0v) is 8.15. The lowest BCUT2D eigenvalue weighted by molar-refractivity contribution is -0.131. The highest BCUT2D eigenvalue weighted by molar-refractivity contribution is 6.40. The fourth-order valence-corrected chi connectivity index (χ4v) is 1.20. The maximum Gasteiger partial charge on any atom is 0.377 e. The average molecular weight is 226 g/mol. The maximum atomic E-state index is 13.1. The number of aromatic carboxylic acids is 1. The van der Waals surface area contributed by atoms with E-state index in [4.69, 9.17) is 10.2 Å². The molecule has 16 heavy (non-hydrogen) atoms. The van der Waals surface area contributed by atoms with Gasteiger partial charge in [-0.15, -0.1) is 0 Å². The number of carbonyl (C=O) groups is 3. The number of hydrogen-bond donors (Lipinski definition) is 2. The molecule has 0 saturated carbocycles. The Labute approximate surface area is 89.1 Å². The number of Topliss-reactive ketones (excluding diaryl/α,β-unsaturated/α-hetero) is 1. The summed E-state index contributed by atoms with van der Waals surface area (Å²) in [4.78, 5) is 32.1. The van der Waals surface area contributed by atoms with Gasteiger partial charge >= 0.3 is 11.9 Å². The number of carboxylic acids is 2. The van der Waals surface area contributed by atoms with Gasteiger partial charge in [-0.3, -0.25) is 4.79 Å². The van der Waals surface area contributed by atoms with Gasteiger partial charge in [-0.25, -0.2) is 14.0 Å². The number of aryl methyl sites for hydroxylation is 1. The van der Waals surface area contributed by atoms with Crippen molar-refractivity contribution >= 4 is 17.7 Å². The number of halogens is 1. The van der Waals surface area contributed by atoms with Crippen molar-refractivity contribution in [3.8, 4) is 0 Å². The van der Waals surface area contributed by atoms with Crippen molar-refractivity contribution < 1.29 is 29.0 Å². The minimum Gasteiger partial charge on any atom is -0.478 e. The van der Waals surface area contributed by atoms with E-state index in [1.807, 2.05) is 0 Å². The fourth-order valence-electron chi connectivity index (χ4n) is 1.20. The van der Waals surface area contributed by atoms with Gasteiger partial charge in [0, 0.05) is 5.56 Å². The Hall–Kier alpha value is -2.24. The third-order valence-electron chi connectivity index (χ3n) is 1.98. The van der Waals surface area contributed by atoms with E-state index in [-0.39, 0.29) is 11.1 Å². The molecule has 0 heterocycles. The quantitative estimate of drug-likeness (QED) is 0.594. The molecule has 2 N–H and O–H groups in total. The van der Waals surface area contributed by atoms with Crippen molar-refractivity contribution in [3.05, 3.63) is 34.6 Å². The summed E-state index contributed by atoms with van der Waals surface area (Å²) in [5.74, 6) is -5.55. The molecule has 0 radical (unpaired) electrons. The Bertz CT molecular complexity index is 492. The molecule has 0 saturated heterocycles. The molecule has 6 heteroatoms. The first-order chi connectivity index (χ1) is 7.34. The van der Waals surface area contributed by atoms with Gasteiger partial charge in [-0.1, -0.05) is 0 Å². The Morgan fingerprint density at radius 2 is 1.69 bits per heavy atom.